The summed E-state index contributed by atoms with van der Waals surface area (Å²) in [5, 5.41) is 3.29. The van der Waals surface area contributed by atoms with Gasteiger partial charge in [-0.25, -0.2) is 8.42 Å². The van der Waals surface area contributed by atoms with Crippen LogP contribution in [0.2, 0.25) is 10.0 Å². The minimum absolute atomic E-state index is 0.117. The van der Waals surface area contributed by atoms with Gasteiger partial charge in [-0.05, 0) is 67.3 Å². The van der Waals surface area contributed by atoms with Gasteiger partial charge in [-0.2, -0.15) is 13.2 Å². The predicted octanol–water partition coefficient (Wildman–Crippen LogP) is 7.10. The summed E-state index contributed by atoms with van der Waals surface area (Å²) in [4.78, 5) is 28.4. The van der Waals surface area contributed by atoms with Crippen LogP contribution in [0.25, 0.3) is 0 Å². The molecule has 7 nitrogen and oxygen atoms in total. The molecule has 0 radical (unpaired) electrons. The fraction of sp³-hybridized carbons (Fsp3) is 0.355. The first-order valence-corrected chi connectivity index (χ1v) is 16.0. The topological polar surface area (TPSA) is 86.8 Å². The second-order valence-corrected chi connectivity index (χ2v) is 13.4. The zero-order valence-corrected chi connectivity index (χ0v) is 27.0. The van der Waals surface area contributed by atoms with Crippen molar-refractivity contribution in [2.75, 3.05) is 17.4 Å². The van der Waals surface area contributed by atoms with E-state index in [1.54, 1.807) is 32.0 Å². The lowest BCUT2D eigenvalue weighted by atomic mass is 10.1. The minimum Gasteiger partial charge on any atom is -0.354 e. The maximum Gasteiger partial charge on any atom is 0.416 e. The number of nitrogens with one attached hydrogen (secondary N) is 1. The van der Waals surface area contributed by atoms with Crippen LogP contribution in [-0.2, 0) is 32.3 Å². The van der Waals surface area contributed by atoms with E-state index in [2.05, 4.69) is 5.32 Å². The molecule has 0 saturated carbocycles. The second-order valence-electron chi connectivity index (χ2n) is 10.7. The predicted molar refractivity (Wildman–Crippen MR) is 166 cm³/mol. The summed E-state index contributed by atoms with van der Waals surface area (Å²) in [5.41, 5.74) is -0.175. The summed E-state index contributed by atoms with van der Waals surface area (Å²) in [6.45, 7) is 6.56. The van der Waals surface area contributed by atoms with Crippen molar-refractivity contribution in [2.45, 2.75) is 57.8 Å². The van der Waals surface area contributed by atoms with Gasteiger partial charge in [0.05, 0.1) is 26.2 Å². The van der Waals surface area contributed by atoms with Crippen LogP contribution in [0.5, 0.6) is 0 Å². The lowest BCUT2D eigenvalue weighted by Gasteiger charge is -2.33. The average Bonchev–Trinajstić information content (AvgIpc) is 2.96. The Bertz CT molecular complexity index is 1580. The molecule has 0 heterocycles. The number of carbonyl (C=O) groups excluding carboxylic acids is 2. The van der Waals surface area contributed by atoms with Crippen molar-refractivity contribution in [1.29, 1.82) is 0 Å². The molecule has 13 heteroatoms. The summed E-state index contributed by atoms with van der Waals surface area (Å²) in [5.74, 6) is -1.15. The molecule has 0 saturated heterocycles. The van der Waals surface area contributed by atoms with E-state index in [9.17, 15) is 31.2 Å². The monoisotopic (exact) mass is 671 g/mol. The molecule has 0 aliphatic rings. The van der Waals surface area contributed by atoms with Crippen LogP contribution in [0.15, 0.2) is 71.6 Å². The summed E-state index contributed by atoms with van der Waals surface area (Å²) in [6, 6.07) is 13.1. The van der Waals surface area contributed by atoms with E-state index in [1.807, 2.05) is 13.8 Å². The normalized spacial score (nSPS) is 12.6. The molecule has 3 aromatic rings. The van der Waals surface area contributed by atoms with Crippen molar-refractivity contribution in [2.24, 2.45) is 5.92 Å². The molecule has 3 rings (SSSR count). The molecule has 0 fully saturated rings. The molecule has 0 aliphatic heterocycles. The van der Waals surface area contributed by atoms with Gasteiger partial charge < -0.3 is 10.2 Å². The molecule has 0 spiro atoms. The van der Waals surface area contributed by atoms with Crippen molar-refractivity contribution in [3.8, 4) is 0 Å². The smallest absolute Gasteiger partial charge is 0.354 e. The SMILES string of the molecule is CC[C@H](C(=O)NCC(C)C)N(Cc1ccc(Cl)c(Cl)c1)C(=O)CN(c1cccc(C(F)(F)F)c1)S(=O)(=O)c1ccc(C)cc1. The van der Waals surface area contributed by atoms with Crippen molar-refractivity contribution in [1.82, 2.24) is 10.2 Å². The Morgan fingerprint density at radius 3 is 2.18 bits per heavy atom. The zero-order chi connectivity index (χ0) is 32.8. The van der Waals surface area contributed by atoms with Gasteiger partial charge in [0.15, 0.2) is 0 Å². The molecule has 238 valence electrons. The van der Waals surface area contributed by atoms with Gasteiger partial charge >= 0.3 is 6.18 Å². The van der Waals surface area contributed by atoms with E-state index < -0.39 is 46.2 Å². The van der Waals surface area contributed by atoms with Crippen LogP contribution in [0, 0.1) is 12.8 Å². The first-order chi connectivity index (χ1) is 20.5. The largest absolute Gasteiger partial charge is 0.416 e. The van der Waals surface area contributed by atoms with Crippen molar-refractivity contribution in [3.05, 3.63) is 93.5 Å². The molecule has 44 heavy (non-hydrogen) atoms. The van der Waals surface area contributed by atoms with E-state index in [4.69, 9.17) is 23.2 Å². The number of hydrogen-bond acceptors (Lipinski definition) is 4. The fourth-order valence-corrected chi connectivity index (χ4v) is 6.11. The van der Waals surface area contributed by atoms with Gasteiger partial charge in [0.2, 0.25) is 11.8 Å². The van der Waals surface area contributed by atoms with Gasteiger partial charge in [-0.1, -0.05) is 73.8 Å². The summed E-state index contributed by atoms with van der Waals surface area (Å²) >= 11 is 12.3. The van der Waals surface area contributed by atoms with E-state index in [0.717, 1.165) is 17.7 Å². The number of carbonyl (C=O) groups is 2. The van der Waals surface area contributed by atoms with E-state index in [-0.39, 0.29) is 39.5 Å². The number of amides is 2. The number of benzene rings is 3. The molecule has 3 aromatic carbocycles. The highest BCUT2D eigenvalue weighted by molar-refractivity contribution is 7.92. The Morgan fingerprint density at radius 2 is 1.61 bits per heavy atom. The quantitative estimate of drug-likeness (QED) is 0.223. The average molecular weight is 673 g/mol. The van der Waals surface area contributed by atoms with E-state index >= 15 is 0 Å². The van der Waals surface area contributed by atoms with Gasteiger partial charge in [0.25, 0.3) is 10.0 Å². The first-order valence-electron chi connectivity index (χ1n) is 13.8. The molecular weight excluding hydrogens is 638 g/mol. The third-order valence-corrected chi connectivity index (χ3v) is 9.28. The maximum absolute atomic E-state index is 14.1. The maximum atomic E-state index is 14.1. The molecule has 0 bridgehead atoms. The van der Waals surface area contributed by atoms with Crippen LogP contribution in [-0.4, -0.2) is 44.3 Å². The third-order valence-electron chi connectivity index (χ3n) is 6.76. The summed E-state index contributed by atoms with van der Waals surface area (Å²) in [7, 11) is -4.54. The Hall–Kier alpha value is -3.28. The Morgan fingerprint density at radius 1 is 0.955 bits per heavy atom. The Balaban J connectivity index is 2.12. The fourth-order valence-electron chi connectivity index (χ4n) is 4.38. The number of alkyl halides is 3. The molecule has 0 unspecified atom stereocenters. The highest BCUT2D eigenvalue weighted by atomic mass is 35.5. The Kier molecular flexibility index (Phi) is 11.7. The number of anilines is 1. The number of sulfonamides is 1. The van der Waals surface area contributed by atoms with Gasteiger partial charge in [0, 0.05) is 13.1 Å². The van der Waals surface area contributed by atoms with Crippen molar-refractivity contribution < 1.29 is 31.2 Å². The van der Waals surface area contributed by atoms with Crippen LogP contribution in [0.4, 0.5) is 18.9 Å². The lowest BCUT2D eigenvalue weighted by molar-refractivity contribution is -0.140. The number of nitrogens with zero attached hydrogens (tertiary/aromatic N) is 2. The second kappa shape index (κ2) is 14.7. The van der Waals surface area contributed by atoms with Crippen LogP contribution >= 0.6 is 23.2 Å². The Labute approximate surface area is 266 Å². The molecular formula is C31H34Cl2F3N3O4S. The van der Waals surface area contributed by atoms with Gasteiger partial charge in [-0.3, -0.25) is 13.9 Å². The summed E-state index contributed by atoms with van der Waals surface area (Å²) < 4.78 is 69.4. The van der Waals surface area contributed by atoms with Crippen LogP contribution in [0.1, 0.15) is 43.9 Å². The molecule has 0 aliphatic carbocycles. The van der Waals surface area contributed by atoms with E-state index in [1.165, 1.54) is 35.2 Å². The van der Waals surface area contributed by atoms with Crippen LogP contribution < -0.4 is 9.62 Å². The standard InChI is InChI=1S/C31H34Cl2F3N3O4S/c1-5-28(30(41)37-17-20(2)3)38(18-22-11-14-26(32)27(33)15-22)29(40)19-39(24-8-6-7-23(16-24)31(34,35)36)44(42,43)25-12-9-21(4)10-13-25/h6-16,20,28H,5,17-19H2,1-4H3,(H,37,41)/t28-/m1/s1. The zero-order valence-electron chi connectivity index (χ0n) is 24.7. The van der Waals surface area contributed by atoms with Gasteiger partial charge in [0.1, 0.15) is 12.6 Å². The van der Waals surface area contributed by atoms with Crippen molar-refractivity contribution in [3.63, 3.8) is 0 Å². The minimum atomic E-state index is -4.76. The van der Waals surface area contributed by atoms with Crippen LogP contribution in [0.3, 0.4) is 0 Å². The number of rotatable bonds is 12. The van der Waals surface area contributed by atoms with Crippen molar-refractivity contribution >= 4 is 50.7 Å². The first kappa shape index (κ1) is 35.2. The third kappa shape index (κ3) is 8.89. The highest BCUT2D eigenvalue weighted by Gasteiger charge is 2.36. The lowest BCUT2D eigenvalue weighted by Crippen LogP contribution is -2.52. The molecule has 1 N–H and O–H groups in total. The molecule has 1 atom stereocenters. The van der Waals surface area contributed by atoms with Gasteiger partial charge in [-0.15, -0.1) is 0 Å². The molecule has 2 amide bonds. The number of halogens is 5. The summed E-state index contributed by atoms with van der Waals surface area (Å²) in [6.07, 6.45) is -4.59. The van der Waals surface area contributed by atoms with E-state index in [0.29, 0.717) is 22.5 Å². The number of aryl methyl sites for hydroxylation is 1. The highest BCUT2D eigenvalue weighted by Crippen LogP contribution is 2.33. The number of hydrogen-bond donors (Lipinski definition) is 1. The molecule has 0 aromatic heterocycles.